The average Bonchev–Trinajstić information content (AvgIpc) is 2.56. The fourth-order valence-electron chi connectivity index (χ4n) is 2.32. The van der Waals surface area contributed by atoms with Crippen LogP contribution in [0.3, 0.4) is 0 Å². The number of esters is 1. The Labute approximate surface area is 151 Å². The average molecular weight is 436 g/mol. The third-order valence-corrected chi connectivity index (χ3v) is 4.16. The molecular weight excluding hydrogens is 423 g/mol. The first-order valence-electron chi connectivity index (χ1n) is 7.05. The number of ether oxygens (including phenoxy) is 2. The summed E-state index contributed by atoms with van der Waals surface area (Å²) in [6, 6.07) is 10.6. The summed E-state index contributed by atoms with van der Waals surface area (Å²) in [5.74, 6) is 0.723. The third kappa shape index (κ3) is 3.12. The zero-order valence-electron chi connectivity index (χ0n) is 12.9. The molecule has 1 aromatic heterocycles. The van der Waals surface area contributed by atoms with Crippen LogP contribution in [-0.2, 0) is 4.79 Å². The molecule has 24 heavy (non-hydrogen) atoms. The first kappa shape index (κ1) is 16.4. The maximum Gasteiger partial charge on any atom is 0.308 e. The Hall–Kier alpha value is -2.42. The molecule has 0 aliphatic rings. The molecule has 6 nitrogen and oxygen atoms in total. The van der Waals surface area contributed by atoms with Gasteiger partial charge in [-0.3, -0.25) is 9.59 Å². The SMILES string of the molecule is COc1cc(-c2nc3ccccc3c(=O)[nH]2)cc(I)c1OC(C)=O. The number of hydrogen-bond acceptors (Lipinski definition) is 5. The lowest BCUT2D eigenvalue weighted by Gasteiger charge is -2.12. The normalized spacial score (nSPS) is 10.6. The topological polar surface area (TPSA) is 81.3 Å². The first-order valence-corrected chi connectivity index (χ1v) is 8.13. The zero-order chi connectivity index (χ0) is 17.3. The molecule has 2 aromatic carbocycles. The summed E-state index contributed by atoms with van der Waals surface area (Å²) in [6.07, 6.45) is 0. The molecule has 0 atom stereocenters. The first-order chi connectivity index (χ1) is 11.5. The van der Waals surface area contributed by atoms with E-state index in [0.717, 1.165) is 0 Å². The molecule has 0 radical (unpaired) electrons. The number of rotatable bonds is 3. The molecule has 0 saturated carbocycles. The number of aromatic nitrogens is 2. The molecular formula is C17H13IN2O4. The number of para-hydroxylation sites is 1. The number of aromatic amines is 1. The van der Waals surface area contributed by atoms with Gasteiger partial charge in [-0.1, -0.05) is 12.1 Å². The number of benzene rings is 2. The lowest BCUT2D eigenvalue weighted by molar-refractivity contribution is -0.132. The van der Waals surface area contributed by atoms with Crippen LogP contribution in [0.5, 0.6) is 11.5 Å². The van der Waals surface area contributed by atoms with Crippen LogP contribution in [0.2, 0.25) is 0 Å². The summed E-state index contributed by atoms with van der Waals surface area (Å²) in [4.78, 5) is 30.7. The minimum Gasteiger partial charge on any atom is -0.493 e. The van der Waals surface area contributed by atoms with E-state index in [2.05, 4.69) is 9.97 Å². The van der Waals surface area contributed by atoms with Crippen LogP contribution in [0.25, 0.3) is 22.3 Å². The highest BCUT2D eigenvalue weighted by atomic mass is 127. The Morgan fingerprint density at radius 2 is 2.00 bits per heavy atom. The van der Waals surface area contributed by atoms with Gasteiger partial charge in [0.2, 0.25) is 0 Å². The summed E-state index contributed by atoms with van der Waals surface area (Å²) in [5.41, 5.74) is 1.05. The quantitative estimate of drug-likeness (QED) is 0.388. The Bertz CT molecular complexity index is 998. The van der Waals surface area contributed by atoms with Gasteiger partial charge in [-0.2, -0.15) is 0 Å². The van der Waals surface area contributed by atoms with Gasteiger partial charge in [-0.15, -0.1) is 0 Å². The number of nitrogens with zero attached hydrogens (tertiary/aromatic N) is 1. The maximum absolute atomic E-state index is 12.2. The molecule has 0 unspecified atom stereocenters. The molecule has 3 aromatic rings. The lowest BCUT2D eigenvalue weighted by Crippen LogP contribution is -2.10. The summed E-state index contributed by atoms with van der Waals surface area (Å²) >= 11 is 2.04. The number of methoxy groups -OCH3 is 1. The highest BCUT2D eigenvalue weighted by Gasteiger charge is 2.16. The molecule has 0 aliphatic heterocycles. The molecule has 1 heterocycles. The molecule has 0 fully saturated rings. The van der Waals surface area contributed by atoms with Crippen molar-refractivity contribution >= 4 is 39.5 Å². The zero-order valence-corrected chi connectivity index (χ0v) is 15.1. The van der Waals surface area contributed by atoms with E-state index >= 15 is 0 Å². The molecule has 3 rings (SSSR count). The van der Waals surface area contributed by atoms with Crippen LogP contribution >= 0.6 is 22.6 Å². The van der Waals surface area contributed by atoms with Crippen molar-refractivity contribution < 1.29 is 14.3 Å². The van der Waals surface area contributed by atoms with Gasteiger partial charge in [0.1, 0.15) is 5.82 Å². The number of fused-ring (bicyclic) bond motifs is 1. The Kier molecular flexibility index (Phi) is 4.52. The van der Waals surface area contributed by atoms with Crippen molar-refractivity contribution in [3.8, 4) is 22.9 Å². The van der Waals surface area contributed by atoms with Crippen molar-refractivity contribution in [1.82, 2.24) is 9.97 Å². The third-order valence-electron chi connectivity index (χ3n) is 3.36. The molecule has 0 saturated heterocycles. The van der Waals surface area contributed by atoms with E-state index in [1.807, 2.05) is 28.7 Å². The fraction of sp³-hybridized carbons (Fsp3) is 0.118. The standard InChI is InChI=1S/C17H13IN2O4/c1-9(21)24-15-12(18)7-10(8-14(15)23-2)16-19-13-6-4-3-5-11(13)17(22)20-16/h3-8H,1-2H3,(H,19,20,22). The number of nitrogens with one attached hydrogen (secondary N) is 1. The van der Waals surface area contributed by atoms with E-state index in [-0.39, 0.29) is 5.56 Å². The number of H-pyrrole nitrogens is 1. The summed E-state index contributed by atoms with van der Waals surface area (Å²) in [6.45, 7) is 1.33. The minimum absolute atomic E-state index is 0.214. The highest BCUT2D eigenvalue weighted by molar-refractivity contribution is 14.1. The van der Waals surface area contributed by atoms with E-state index in [4.69, 9.17) is 9.47 Å². The summed E-state index contributed by atoms with van der Waals surface area (Å²) in [5, 5.41) is 0.527. The Morgan fingerprint density at radius 1 is 1.25 bits per heavy atom. The largest absolute Gasteiger partial charge is 0.493 e. The van der Waals surface area contributed by atoms with Gasteiger partial charge in [0.05, 0.1) is 21.6 Å². The monoisotopic (exact) mass is 436 g/mol. The second-order valence-electron chi connectivity index (χ2n) is 5.01. The number of carbonyl (C=O) groups excluding carboxylic acids is 1. The van der Waals surface area contributed by atoms with E-state index in [9.17, 15) is 9.59 Å². The summed E-state index contributed by atoms with van der Waals surface area (Å²) < 4.78 is 11.2. The molecule has 0 spiro atoms. The minimum atomic E-state index is -0.434. The van der Waals surface area contributed by atoms with Gasteiger partial charge >= 0.3 is 5.97 Å². The summed E-state index contributed by atoms with van der Waals surface area (Å²) in [7, 11) is 1.48. The highest BCUT2D eigenvalue weighted by Crippen LogP contribution is 2.36. The number of carbonyl (C=O) groups is 1. The van der Waals surface area contributed by atoms with Crippen LogP contribution in [0.4, 0.5) is 0 Å². The predicted octanol–water partition coefficient (Wildman–Crippen LogP) is 3.13. The van der Waals surface area contributed by atoms with Crippen molar-refractivity contribution in [2.45, 2.75) is 6.92 Å². The van der Waals surface area contributed by atoms with Crippen molar-refractivity contribution in [2.75, 3.05) is 7.11 Å². The van der Waals surface area contributed by atoms with Crippen molar-refractivity contribution in [2.24, 2.45) is 0 Å². The second kappa shape index (κ2) is 6.60. The Morgan fingerprint density at radius 3 is 2.71 bits per heavy atom. The van der Waals surface area contributed by atoms with Crippen LogP contribution in [0, 0.1) is 3.57 Å². The van der Waals surface area contributed by atoms with E-state index < -0.39 is 5.97 Å². The van der Waals surface area contributed by atoms with Gasteiger partial charge in [0.25, 0.3) is 5.56 Å². The predicted molar refractivity (Wildman–Crippen MR) is 98.4 cm³/mol. The second-order valence-corrected chi connectivity index (χ2v) is 6.18. The Balaban J connectivity index is 2.18. The molecule has 1 N–H and O–H groups in total. The fourth-order valence-corrected chi connectivity index (χ4v) is 3.03. The smallest absolute Gasteiger partial charge is 0.308 e. The van der Waals surface area contributed by atoms with Gasteiger partial charge in [-0.25, -0.2) is 4.98 Å². The molecule has 7 heteroatoms. The number of hydrogen-bond donors (Lipinski definition) is 1. The van der Waals surface area contributed by atoms with Gasteiger partial charge in [-0.05, 0) is 46.9 Å². The van der Waals surface area contributed by atoms with E-state index in [0.29, 0.717) is 37.4 Å². The van der Waals surface area contributed by atoms with Crippen LogP contribution in [-0.4, -0.2) is 23.0 Å². The van der Waals surface area contributed by atoms with Crippen LogP contribution in [0.1, 0.15) is 6.92 Å². The number of halogens is 1. The molecule has 0 amide bonds. The maximum atomic E-state index is 12.2. The van der Waals surface area contributed by atoms with E-state index in [1.165, 1.54) is 14.0 Å². The molecule has 0 bridgehead atoms. The van der Waals surface area contributed by atoms with Gasteiger partial charge in [0.15, 0.2) is 11.5 Å². The van der Waals surface area contributed by atoms with Crippen molar-refractivity contribution in [1.29, 1.82) is 0 Å². The van der Waals surface area contributed by atoms with Crippen molar-refractivity contribution in [3.05, 3.63) is 50.3 Å². The van der Waals surface area contributed by atoms with Crippen molar-refractivity contribution in [3.63, 3.8) is 0 Å². The van der Waals surface area contributed by atoms with Gasteiger partial charge in [0, 0.05) is 12.5 Å². The van der Waals surface area contributed by atoms with Crippen LogP contribution < -0.4 is 15.0 Å². The van der Waals surface area contributed by atoms with Crippen LogP contribution in [0.15, 0.2) is 41.2 Å². The lowest BCUT2D eigenvalue weighted by atomic mass is 10.1. The molecule has 122 valence electrons. The molecule has 0 aliphatic carbocycles. The van der Waals surface area contributed by atoms with Gasteiger partial charge < -0.3 is 14.5 Å². The van der Waals surface area contributed by atoms with E-state index in [1.54, 1.807) is 30.3 Å².